The van der Waals surface area contributed by atoms with Crippen molar-refractivity contribution < 1.29 is 0 Å². The van der Waals surface area contributed by atoms with Crippen LogP contribution in [0.15, 0.2) is 48.7 Å². The molecule has 1 atom stereocenters. The second kappa shape index (κ2) is 5.71. The molecule has 2 aromatic heterocycles. The summed E-state index contributed by atoms with van der Waals surface area (Å²) in [6, 6.07) is 14.6. The molecule has 0 bridgehead atoms. The first-order valence-electron chi connectivity index (χ1n) is 6.72. The summed E-state index contributed by atoms with van der Waals surface area (Å²) < 4.78 is 0. The lowest BCUT2D eigenvalue weighted by molar-refractivity contribution is 0.649. The maximum atomic E-state index is 5.81. The Bertz CT molecular complexity index is 715. The van der Waals surface area contributed by atoms with E-state index in [1.54, 1.807) is 11.3 Å². The Morgan fingerprint density at radius 1 is 1.20 bits per heavy atom. The summed E-state index contributed by atoms with van der Waals surface area (Å²) in [5.74, 6) is 5.81. The topological polar surface area (TPSA) is 50.9 Å². The van der Waals surface area contributed by atoms with E-state index in [9.17, 15) is 0 Å². The number of thiophene rings is 1. The predicted octanol–water partition coefficient (Wildman–Crippen LogP) is 3.41. The molecule has 0 aliphatic carbocycles. The highest BCUT2D eigenvalue weighted by molar-refractivity contribution is 7.12. The van der Waals surface area contributed by atoms with Crippen LogP contribution >= 0.6 is 11.3 Å². The molecule has 102 valence electrons. The highest BCUT2D eigenvalue weighted by atomic mass is 32.1. The van der Waals surface area contributed by atoms with Gasteiger partial charge in [-0.05, 0) is 24.6 Å². The van der Waals surface area contributed by atoms with Crippen molar-refractivity contribution in [1.29, 1.82) is 0 Å². The lowest BCUT2D eigenvalue weighted by Gasteiger charge is -2.16. The van der Waals surface area contributed by atoms with Gasteiger partial charge in [-0.15, -0.1) is 11.3 Å². The maximum Gasteiger partial charge on any atom is 0.0823 e. The molecule has 0 aliphatic heterocycles. The zero-order valence-corrected chi connectivity index (χ0v) is 12.2. The molecule has 3 nitrogen and oxygen atoms in total. The van der Waals surface area contributed by atoms with E-state index in [0.29, 0.717) is 0 Å². The lowest BCUT2D eigenvalue weighted by atomic mass is 10.0. The highest BCUT2D eigenvalue weighted by Crippen LogP contribution is 2.31. The van der Waals surface area contributed by atoms with Crippen LogP contribution in [0, 0.1) is 0 Å². The van der Waals surface area contributed by atoms with Crippen LogP contribution in [0.1, 0.15) is 28.3 Å². The van der Waals surface area contributed by atoms with Crippen LogP contribution in [0.5, 0.6) is 0 Å². The van der Waals surface area contributed by atoms with E-state index in [-0.39, 0.29) is 6.04 Å². The van der Waals surface area contributed by atoms with Gasteiger partial charge in [-0.3, -0.25) is 10.8 Å². The van der Waals surface area contributed by atoms with Crippen LogP contribution in [-0.2, 0) is 6.42 Å². The molecule has 3 N–H and O–H groups in total. The quantitative estimate of drug-likeness (QED) is 0.570. The Morgan fingerprint density at radius 2 is 2.05 bits per heavy atom. The third-order valence-electron chi connectivity index (χ3n) is 3.46. The highest BCUT2D eigenvalue weighted by Gasteiger charge is 2.17. The van der Waals surface area contributed by atoms with Crippen LogP contribution in [-0.4, -0.2) is 4.98 Å². The summed E-state index contributed by atoms with van der Waals surface area (Å²) in [6.07, 6.45) is 2.88. The Labute approximate surface area is 122 Å². The number of hydrogen-bond donors (Lipinski definition) is 2. The summed E-state index contributed by atoms with van der Waals surface area (Å²) >= 11 is 1.80. The van der Waals surface area contributed by atoms with Crippen molar-refractivity contribution in [2.45, 2.75) is 19.4 Å². The molecule has 0 saturated carbocycles. The van der Waals surface area contributed by atoms with E-state index in [2.05, 4.69) is 53.7 Å². The van der Waals surface area contributed by atoms with Crippen molar-refractivity contribution in [3.05, 3.63) is 64.0 Å². The Kier molecular flexibility index (Phi) is 3.78. The van der Waals surface area contributed by atoms with Gasteiger partial charge in [0.1, 0.15) is 0 Å². The summed E-state index contributed by atoms with van der Waals surface area (Å²) in [7, 11) is 0. The summed E-state index contributed by atoms with van der Waals surface area (Å²) in [4.78, 5) is 7.11. The molecule has 0 spiro atoms. The van der Waals surface area contributed by atoms with Crippen LogP contribution in [0.2, 0.25) is 0 Å². The van der Waals surface area contributed by atoms with Crippen molar-refractivity contribution >= 4 is 22.2 Å². The third kappa shape index (κ3) is 2.33. The van der Waals surface area contributed by atoms with Crippen molar-refractivity contribution in [3.63, 3.8) is 0 Å². The average Bonchev–Trinajstić information content (AvgIpc) is 2.97. The molecule has 0 radical (unpaired) electrons. The smallest absolute Gasteiger partial charge is 0.0823 e. The van der Waals surface area contributed by atoms with E-state index in [4.69, 9.17) is 5.84 Å². The molecule has 0 amide bonds. The van der Waals surface area contributed by atoms with Gasteiger partial charge in [0.2, 0.25) is 0 Å². The van der Waals surface area contributed by atoms with E-state index in [0.717, 1.165) is 22.9 Å². The number of aryl methyl sites for hydroxylation is 1. The molecular formula is C16H17N3S. The van der Waals surface area contributed by atoms with Crippen molar-refractivity contribution in [1.82, 2.24) is 10.4 Å². The molecule has 3 rings (SSSR count). The first kappa shape index (κ1) is 13.2. The number of nitrogens with two attached hydrogens (primary N) is 1. The minimum absolute atomic E-state index is 0.0149. The van der Waals surface area contributed by atoms with Gasteiger partial charge >= 0.3 is 0 Å². The first-order chi connectivity index (χ1) is 9.83. The van der Waals surface area contributed by atoms with Crippen molar-refractivity contribution in [2.24, 2.45) is 5.84 Å². The second-order valence-corrected chi connectivity index (χ2v) is 5.88. The maximum absolute atomic E-state index is 5.81. The van der Waals surface area contributed by atoms with E-state index in [1.165, 1.54) is 9.75 Å². The number of nitrogens with zero attached hydrogens (tertiary/aromatic N) is 1. The number of pyridine rings is 1. The zero-order chi connectivity index (χ0) is 13.9. The Morgan fingerprint density at radius 3 is 2.80 bits per heavy atom. The predicted molar refractivity (Wildman–Crippen MR) is 84.6 cm³/mol. The Balaban J connectivity index is 2.11. The second-order valence-electron chi connectivity index (χ2n) is 4.68. The van der Waals surface area contributed by atoms with Gasteiger partial charge in [-0.25, -0.2) is 5.43 Å². The number of benzene rings is 1. The lowest BCUT2D eigenvalue weighted by Crippen LogP contribution is -2.28. The van der Waals surface area contributed by atoms with Gasteiger partial charge in [-0.1, -0.05) is 31.2 Å². The minimum Gasteiger partial charge on any atom is -0.271 e. The standard InChI is InChI=1S/C16H17N3S/c1-2-12-8-9-14(20-12)16(19-17)13-7-3-5-11-6-4-10-18-15(11)13/h3-10,16,19H,2,17H2,1H3. The van der Waals surface area contributed by atoms with E-state index < -0.39 is 0 Å². The number of fused-ring (bicyclic) bond motifs is 1. The number of rotatable bonds is 4. The summed E-state index contributed by atoms with van der Waals surface area (Å²) in [6.45, 7) is 2.17. The average molecular weight is 283 g/mol. The van der Waals surface area contributed by atoms with E-state index in [1.807, 2.05) is 12.3 Å². The van der Waals surface area contributed by atoms with Gasteiger partial charge in [0.05, 0.1) is 11.6 Å². The SMILES string of the molecule is CCc1ccc(C(NN)c2cccc3cccnc23)s1. The molecule has 1 unspecified atom stereocenters. The fourth-order valence-electron chi connectivity index (χ4n) is 2.43. The van der Waals surface area contributed by atoms with Crippen molar-refractivity contribution in [2.75, 3.05) is 0 Å². The molecule has 20 heavy (non-hydrogen) atoms. The minimum atomic E-state index is -0.0149. The van der Waals surface area contributed by atoms with Gasteiger partial charge in [0, 0.05) is 26.9 Å². The van der Waals surface area contributed by atoms with Crippen LogP contribution in [0.3, 0.4) is 0 Å². The monoisotopic (exact) mass is 283 g/mol. The summed E-state index contributed by atoms with van der Waals surface area (Å²) in [5, 5.41) is 1.14. The van der Waals surface area contributed by atoms with Gasteiger partial charge in [0.25, 0.3) is 0 Å². The van der Waals surface area contributed by atoms with Gasteiger partial charge in [0.15, 0.2) is 0 Å². The van der Waals surface area contributed by atoms with Crippen LogP contribution in [0.4, 0.5) is 0 Å². The number of hydrazine groups is 1. The molecule has 0 aliphatic rings. The fraction of sp³-hybridized carbons (Fsp3) is 0.188. The molecule has 4 heteroatoms. The zero-order valence-electron chi connectivity index (χ0n) is 11.3. The van der Waals surface area contributed by atoms with E-state index >= 15 is 0 Å². The molecule has 0 saturated heterocycles. The molecule has 2 heterocycles. The summed E-state index contributed by atoms with van der Waals surface area (Å²) in [5.41, 5.74) is 5.06. The largest absolute Gasteiger partial charge is 0.271 e. The van der Waals surface area contributed by atoms with Crippen LogP contribution in [0.25, 0.3) is 10.9 Å². The normalized spacial score (nSPS) is 12.7. The number of aromatic nitrogens is 1. The van der Waals surface area contributed by atoms with Gasteiger partial charge < -0.3 is 0 Å². The molecule has 3 aromatic rings. The third-order valence-corrected chi connectivity index (χ3v) is 4.75. The first-order valence-corrected chi connectivity index (χ1v) is 7.53. The fourth-order valence-corrected chi connectivity index (χ4v) is 3.46. The van der Waals surface area contributed by atoms with Gasteiger partial charge in [-0.2, -0.15) is 0 Å². The number of nitrogens with one attached hydrogen (secondary N) is 1. The number of para-hydroxylation sites is 1. The molecule has 1 aromatic carbocycles. The molecule has 0 fully saturated rings. The van der Waals surface area contributed by atoms with Crippen LogP contribution < -0.4 is 11.3 Å². The molecular weight excluding hydrogens is 266 g/mol. The Hall–Kier alpha value is -1.75. The van der Waals surface area contributed by atoms with Crippen molar-refractivity contribution in [3.8, 4) is 0 Å². The number of hydrogen-bond acceptors (Lipinski definition) is 4.